The molecule has 148 valence electrons. The highest BCUT2D eigenvalue weighted by molar-refractivity contribution is 6.01. The first kappa shape index (κ1) is 18.5. The molecule has 0 bridgehead atoms. The van der Waals surface area contributed by atoms with Gasteiger partial charge in [-0.2, -0.15) is 0 Å². The van der Waals surface area contributed by atoms with Crippen molar-refractivity contribution in [2.24, 2.45) is 13.0 Å². The Kier molecular flexibility index (Phi) is 4.21. The molecular formula is C21H25N3O4. The summed E-state index contributed by atoms with van der Waals surface area (Å²) < 4.78 is 1.93. The second-order valence-electron chi connectivity index (χ2n) is 7.99. The third-order valence-corrected chi connectivity index (χ3v) is 6.85. The lowest BCUT2D eigenvalue weighted by atomic mass is 9.77. The fourth-order valence-corrected chi connectivity index (χ4v) is 5.12. The maximum atomic E-state index is 13.3. The lowest BCUT2D eigenvalue weighted by Gasteiger charge is -2.45. The monoisotopic (exact) mass is 383 g/mol. The first-order valence-corrected chi connectivity index (χ1v) is 9.60. The van der Waals surface area contributed by atoms with Crippen molar-refractivity contribution in [1.29, 1.82) is 0 Å². The van der Waals surface area contributed by atoms with Crippen molar-refractivity contribution in [3.05, 3.63) is 35.5 Å². The standard InChI is InChI=1S/C21H25N3O4/c1-13-14-6-4-5-7-16(14)22(2)18(13)19(26)24-10-8-21(9-11-24)15(20(27)28)12-17(25)23(21)3/h4-7,15H,8-12H2,1-3H3,(H,27,28)/t15-/m1/s1. The van der Waals surface area contributed by atoms with Crippen LogP contribution in [0.1, 0.15) is 35.3 Å². The number of carbonyl (C=O) groups is 3. The fourth-order valence-electron chi connectivity index (χ4n) is 5.12. The van der Waals surface area contributed by atoms with Gasteiger partial charge < -0.3 is 19.5 Å². The average molecular weight is 383 g/mol. The van der Waals surface area contributed by atoms with Gasteiger partial charge in [-0.15, -0.1) is 0 Å². The summed E-state index contributed by atoms with van der Waals surface area (Å²) in [4.78, 5) is 40.6. The van der Waals surface area contributed by atoms with E-state index in [-0.39, 0.29) is 18.2 Å². The van der Waals surface area contributed by atoms with Crippen LogP contribution in [0.2, 0.25) is 0 Å². The van der Waals surface area contributed by atoms with E-state index in [1.54, 1.807) is 16.8 Å². The SMILES string of the molecule is Cc1c(C(=O)N2CCC3(CC2)[C@@H](C(=O)O)CC(=O)N3C)n(C)c2ccccc12. The third kappa shape index (κ3) is 2.45. The lowest BCUT2D eigenvalue weighted by Crippen LogP contribution is -2.57. The zero-order valence-corrected chi connectivity index (χ0v) is 16.4. The largest absolute Gasteiger partial charge is 0.481 e. The summed E-state index contributed by atoms with van der Waals surface area (Å²) >= 11 is 0. The average Bonchev–Trinajstić information content (AvgIpc) is 3.08. The predicted octanol–water partition coefficient (Wildman–Crippen LogP) is 2.02. The number of aromatic nitrogens is 1. The number of nitrogens with zero attached hydrogens (tertiary/aromatic N) is 3. The summed E-state index contributed by atoms with van der Waals surface area (Å²) in [5, 5.41) is 10.7. The van der Waals surface area contributed by atoms with Crippen molar-refractivity contribution in [2.45, 2.75) is 31.7 Å². The first-order chi connectivity index (χ1) is 13.3. The molecule has 1 N–H and O–H groups in total. The molecule has 2 aromatic rings. The van der Waals surface area contributed by atoms with Crippen molar-refractivity contribution < 1.29 is 19.5 Å². The van der Waals surface area contributed by atoms with Crippen molar-refractivity contribution in [3.63, 3.8) is 0 Å². The molecule has 4 rings (SSSR count). The van der Waals surface area contributed by atoms with Crippen LogP contribution in [0.5, 0.6) is 0 Å². The number of carboxylic acids is 1. The smallest absolute Gasteiger partial charge is 0.309 e. The van der Waals surface area contributed by atoms with E-state index < -0.39 is 17.4 Å². The highest BCUT2D eigenvalue weighted by atomic mass is 16.4. The predicted molar refractivity (Wildman–Crippen MR) is 104 cm³/mol. The van der Waals surface area contributed by atoms with Crippen LogP contribution in [0.3, 0.4) is 0 Å². The van der Waals surface area contributed by atoms with Gasteiger partial charge in [0.2, 0.25) is 5.91 Å². The van der Waals surface area contributed by atoms with E-state index in [0.717, 1.165) is 16.5 Å². The van der Waals surface area contributed by atoms with E-state index in [9.17, 15) is 19.5 Å². The molecule has 1 aromatic carbocycles. The minimum Gasteiger partial charge on any atom is -0.481 e. The molecular weight excluding hydrogens is 358 g/mol. The topological polar surface area (TPSA) is 82.8 Å². The molecule has 1 aromatic heterocycles. The molecule has 2 aliphatic rings. The zero-order valence-electron chi connectivity index (χ0n) is 16.4. The number of para-hydroxylation sites is 1. The molecule has 0 unspecified atom stereocenters. The second kappa shape index (κ2) is 6.36. The molecule has 1 atom stereocenters. The van der Waals surface area contributed by atoms with Crippen LogP contribution < -0.4 is 0 Å². The molecule has 0 radical (unpaired) electrons. The van der Waals surface area contributed by atoms with Crippen molar-refractivity contribution in [2.75, 3.05) is 20.1 Å². The number of rotatable bonds is 2. The van der Waals surface area contributed by atoms with Crippen LogP contribution >= 0.6 is 0 Å². The summed E-state index contributed by atoms with van der Waals surface area (Å²) in [7, 11) is 3.59. The number of benzene rings is 1. The van der Waals surface area contributed by atoms with Gasteiger partial charge in [0.15, 0.2) is 0 Å². The number of likely N-dealkylation sites (tertiary alicyclic amines) is 2. The number of carboxylic acid groups (broad SMARTS) is 1. The number of carbonyl (C=O) groups excluding carboxylic acids is 2. The Balaban J connectivity index is 1.60. The van der Waals surface area contributed by atoms with E-state index >= 15 is 0 Å². The molecule has 7 heteroatoms. The van der Waals surface area contributed by atoms with Gasteiger partial charge >= 0.3 is 5.97 Å². The molecule has 0 aliphatic carbocycles. The highest BCUT2D eigenvalue weighted by Crippen LogP contribution is 2.43. The van der Waals surface area contributed by atoms with Crippen molar-refractivity contribution >= 4 is 28.7 Å². The maximum Gasteiger partial charge on any atom is 0.309 e. The third-order valence-electron chi connectivity index (χ3n) is 6.85. The molecule has 2 amide bonds. The van der Waals surface area contributed by atoms with E-state index in [4.69, 9.17) is 0 Å². The Bertz CT molecular complexity index is 946. The summed E-state index contributed by atoms with van der Waals surface area (Å²) in [6, 6.07) is 7.94. The van der Waals surface area contributed by atoms with Gasteiger partial charge in [0.25, 0.3) is 5.91 Å². The van der Waals surface area contributed by atoms with Crippen LogP contribution in [0, 0.1) is 12.8 Å². The number of hydrogen-bond acceptors (Lipinski definition) is 3. The Morgan fingerprint density at radius 1 is 1.14 bits per heavy atom. The normalized spacial score (nSPS) is 21.7. The van der Waals surface area contributed by atoms with Gasteiger partial charge in [0, 0.05) is 44.5 Å². The summed E-state index contributed by atoms with van der Waals surface area (Å²) in [6.45, 7) is 2.85. The Labute approximate surface area is 163 Å². The summed E-state index contributed by atoms with van der Waals surface area (Å²) in [6.07, 6.45) is 1.02. The second-order valence-corrected chi connectivity index (χ2v) is 7.99. The van der Waals surface area contributed by atoms with E-state index in [1.807, 2.05) is 42.8 Å². The van der Waals surface area contributed by atoms with Crippen molar-refractivity contribution in [3.8, 4) is 0 Å². The Morgan fingerprint density at radius 2 is 1.79 bits per heavy atom. The molecule has 2 fully saturated rings. The molecule has 2 saturated heterocycles. The molecule has 0 saturated carbocycles. The Morgan fingerprint density at radius 3 is 2.39 bits per heavy atom. The molecule has 1 spiro atoms. The van der Waals surface area contributed by atoms with Crippen LogP contribution in [0.4, 0.5) is 0 Å². The van der Waals surface area contributed by atoms with Gasteiger partial charge in [0.1, 0.15) is 5.69 Å². The lowest BCUT2D eigenvalue weighted by molar-refractivity contribution is -0.145. The van der Waals surface area contributed by atoms with Gasteiger partial charge in [-0.1, -0.05) is 18.2 Å². The van der Waals surface area contributed by atoms with Crippen LogP contribution in [-0.2, 0) is 16.6 Å². The molecule has 28 heavy (non-hydrogen) atoms. The van der Waals surface area contributed by atoms with E-state index in [0.29, 0.717) is 31.6 Å². The summed E-state index contributed by atoms with van der Waals surface area (Å²) in [5.74, 6) is -1.80. The maximum absolute atomic E-state index is 13.3. The molecule has 7 nitrogen and oxygen atoms in total. The van der Waals surface area contributed by atoms with Crippen molar-refractivity contribution in [1.82, 2.24) is 14.4 Å². The first-order valence-electron chi connectivity index (χ1n) is 9.60. The van der Waals surface area contributed by atoms with Gasteiger partial charge in [-0.3, -0.25) is 14.4 Å². The number of piperidine rings is 1. The number of aryl methyl sites for hydroxylation is 2. The molecule has 2 aliphatic heterocycles. The van der Waals surface area contributed by atoms with Crippen LogP contribution in [-0.4, -0.2) is 62.9 Å². The quantitative estimate of drug-likeness (QED) is 0.860. The number of fused-ring (bicyclic) bond motifs is 1. The number of hydrogen-bond donors (Lipinski definition) is 1. The minimum atomic E-state index is -0.929. The van der Waals surface area contributed by atoms with Crippen LogP contribution in [0.15, 0.2) is 24.3 Å². The van der Waals surface area contributed by atoms with Gasteiger partial charge in [-0.05, 0) is 31.4 Å². The Hall–Kier alpha value is -2.83. The van der Waals surface area contributed by atoms with E-state index in [2.05, 4.69) is 0 Å². The minimum absolute atomic E-state index is 0.0371. The zero-order chi connectivity index (χ0) is 20.2. The van der Waals surface area contributed by atoms with E-state index in [1.165, 1.54) is 0 Å². The summed E-state index contributed by atoms with van der Waals surface area (Å²) in [5.41, 5.74) is 1.96. The molecule has 3 heterocycles. The fraction of sp³-hybridized carbons (Fsp3) is 0.476. The van der Waals surface area contributed by atoms with Gasteiger partial charge in [0.05, 0.1) is 11.5 Å². The van der Waals surface area contributed by atoms with Crippen LogP contribution in [0.25, 0.3) is 10.9 Å². The highest BCUT2D eigenvalue weighted by Gasteiger charge is 2.55. The van der Waals surface area contributed by atoms with Gasteiger partial charge in [-0.25, -0.2) is 0 Å². The number of amides is 2. The number of aliphatic carboxylic acids is 1.